The Hall–Kier alpha value is -5.65. The monoisotopic (exact) mass is 663 g/mol. The molecular weight excluding hydrogens is 631 g/mol. The predicted molar refractivity (Wildman–Crippen MR) is 208 cm³/mol. The SMILES string of the molecule is CC1(C)c2ccccc2-c2cc3c(cc2C1(C)C)sc1ccc(-c2nc(-c4ccccc4)nc(-c4cccc5oc6ccccc6c45)n2)cc13. The molecule has 9 aromatic rings. The second-order valence-electron chi connectivity index (χ2n) is 14.5. The molecule has 0 N–H and O–H groups in total. The molecular formula is C45H33N3OS. The summed E-state index contributed by atoms with van der Waals surface area (Å²) in [5.41, 5.74) is 9.93. The van der Waals surface area contributed by atoms with Crippen molar-refractivity contribution in [1.82, 2.24) is 15.0 Å². The normalized spacial score (nSPS) is 14.7. The molecule has 240 valence electrons. The Morgan fingerprint density at radius 1 is 0.460 bits per heavy atom. The summed E-state index contributed by atoms with van der Waals surface area (Å²) >= 11 is 1.86. The summed E-state index contributed by atoms with van der Waals surface area (Å²) in [6.07, 6.45) is 0. The fraction of sp³-hybridized carbons (Fsp3) is 0.133. The van der Waals surface area contributed by atoms with Crippen LogP contribution >= 0.6 is 11.3 Å². The van der Waals surface area contributed by atoms with Crippen molar-refractivity contribution < 1.29 is 4.42 Å². The number of rotatable bonds is 3. The lowest BCUT2D eigenvalue weighted by atomic mass is 9.55. The molecule has 0 atom stereocenters. The Balaban J connectivity index is 1.20. The number of hydrogen-bond donors (Lipinski definition) is 0. The summed E-state index contributed by atoms with van der Waals surface area (Å²) in [6.45, 7) is 9.57. The Kier molecular flexibility index (Phi) is 6.11. The van der Waals surface area contributed by atoms with E-state index < -0.39 is 0 Å². The Morgan fingerprint density at radius 3 is 1.98 bits per heavy atom. The van der Waals surface area contributed by atoms with E-state index in [4.69, 9.17) is 19.4 Å². The van der Waals surface area contributed by atoms with Gasteiger partial charge in [0.05, 0.1) is 0 Å². The van der Waals surface area contributed by atoms with Gasteiger partial charge in [0, 0.05) is 47.6 Å². The average Bonchev–Trinajstić information content (AvgIpc) is 3.71. The summed E-state index contributed by atoms with van der Waals surface area (Å²) in [7, 11) is 0. The fourth-order valence-electron chi connectivity index (χ4n) is 7.94. The van der Waals surface area contributed by atoms with Crippen LogP contribution in [0.15, 0.2) is 132 Å². The minimum atomic E-state index is -0.0372. The van der Waals surface area contributed by atoms with Gasteiger partial charge in [-0.25, -0.2) is 15.0 Å². The van der Waals surface area contributed by atoms with E-state index in [-0.39, 0.29) is 10.8 Å². The molecule has 0 saturated heterocycles. The topological polar surface area (TPSA) is 51.8 Å². The summed E-state index contributed by atoms with van der Waals surface area (Å²) in [5.74, 6) is 1.91. The molecule has 4 nitrogen and oxygen atoms in total. The van der Waals surface area contributed by atoms with Crippen molar-refractivity contribution in [2.75, 3.05) is 0 Å². The van der Waals surface area contributed by atoms with Crippen LogP contribution in [-0.2, 0) is 10.8 Å². The molecule has 5 heteroatoms. The van der Waals surface area contributed by atoms with Crippen LogP contribution in [0.1, 0.15) is 38.8 Å². The van der Waals surface area contributed by atoms with Crippen molar-refractivity contribution >= 4 is 53.4 Å². The van der Waals surface area contributed by atoms with Crippen molar-refractivity contribution in [3.63, 3.8) is 0 Å². The molecule has 0 saturated carbocycles. The zero-order valence-electron chi connectivity index (χ0n) is 28.3. The van der Waals surface area contributed by atoms with E-state index in [9.17, 15) is 0 Å². The first kappa shape index (κ1) is 29.3. The van der Waals surface area contributed by atoms with Crippen molar-refractivity contribution in [3.8, 4) is 45.3 Å². The summed E-state index contributed by atoms with van der Waals surface area (Å²) in [6, 6.07) is 44.9. The maximum absolute atomic E-state index is 6.24. The molecule has 3 heterocycles. The van der Waals surface area contributed by atoms with Crippen LogP contribution < -0.4 is 0 Å². The highest BCUT2D eigenvalue weighted by Gasteiger charge is 2.45. The lowest BCUT2D eigenvalue weighted by Crippen LogP contribution is -2.43. The lowest BCUT2D eigenvalue weighted by molar-refractivity contribution is 0.299. The zero-order chi connectivity index (χ0) is 33.8. The number of thiophene rings is 1. The number of nitrogens with zero attached hydrogens (tertiary/aromatic N) is 3. The number of aromatic nitrogens is 3. The number of hydrogen-bond acceptors (Lipinski definition) is 5. The molecule has 0 radical (unpaired) electrons. The van der Waals surface area contributed by atoms with Gasteiger partial charge in [0.25, 0.3) is 0 Å². The van der Waals surface area contributed by atoms with Gasteiger partial charge in [-0.05, 0) is 75.5 Å². The molecule has 0 bridgehead atoms. The van der Waals surface area contributed by atoms with Gasteiger partial charge in [-0.15, -0.1) is 11.3 Å². The van der Waals surface area contributed by atoms with Crippen molar-refractivity contribution in [2.45, 2.75) is 38.5 Å². The van der Waals surface area contributed by atoms with Crippen LogP contribution in [0.4, 0.5) is 0 Å². The molecule has 1 aliphatic rings. The third-order valence-corrected chi connectivity index (χ3v) is 12.4. The molecule has 0 spiro atoms. The maximum Gasteiger partial charge on any atom is 0.164 e. The Morgan fingerprint density at radius 2 is 1.12 bits per heavy atom. The molecule has 1 aliphatic carbocycles. The van der Waals surface area contributed by atoms with Crippen LogP contribution in [0.5, 0.6) is 0 Å². The van der Waals surface area contributed by atoms with Gasteiger partial charge in [-0.1, -0.05) is 113 Å². The first-order valence-electron chi connectivity index (χ1n) is 17.1. The molecule has 0 amide bonds. The number of benzene rings is 6. The fourth-order valence-corrected chi connectivity index (χ4v) is 9.05. The van der Waals surface area contributed by atoms with Crippen LogP contribution in [0.3, 0.4) is 0 Å². The number of para-hydroxylation sites is 1. The van der Waals surface area contributed by atoms with E-state index in [1.807, 2.05) is 59.9 Å². The van der Waals surface area contributed by atoms with Gasteiger partial charge in [0.2, 0.25) is 0 Å². The van der Waals surface area contributed by atoms with Crippen LogP contribution in [0.2, 0.25) is 0 Å². The molecule has 0 fully saturated rings. The third kappa shape index (κ3) is 4.13. The predicted octanol–water partition coefficient (Wildman–Crippen LogP) is 12.4. The molecule has 50 heavy (non-hydrogen) atoms. The van der Waals surface area contributed by atoms with E-state index in [0.717, 1.165) is 38.6 Å². The van der Waals surface area contributed by atoms with E-state index in [2.05, 4.69) is 107 Å². The van der Waals surface area contributed by atoms with Gasteiger partial charge >= 0.3 is 0 Å². The van der Waals surface area contributed by atoms with Crippen molar-refractivity contribution in [2.24, 2.45) is 0 Å². The molecule has 0 unspecified atom stereocenters. The summed E-state index contributed by atoms with van der Waals surface area (Å²) in [4.78, 5) is 15.3. The maximum atomic E-state index is 6.24. The van der Waals surface area contributed by atoms with Crippen molar-refractivity contribution in [3.05, 3.63) is 139 Å². The molecule has 3 aromatic heterocycles. The van der Waals surface area contributed by atoms with E-state index in [1.165, 1.54) is 42.4 Å². The van der Waals surface area contributed by atoms with Gasteiger partial charge in [-0.2, -0.15) is 0 Å². The molecule has 10 rings (SSSR count). The quantitative estimate of drug-likeness (QED) is 0.189. The first-order chi connectivity index (χ1) is 24.3. The number of fused-ring (bicyclic) bond motifs is 9. The van der Waals surface area contributed by atoms with Gasteiger partial charge in [0.15, 0.2) is 17.5 Å². The largest absolute Gasteiger partial charge is 0.456 e. The van der Waals surface area contributed by atoms with Crippen LogP contribution in [0, 0.1) is 0 Å². The second kappa shape index (κ2) is 10.4. The van der Waals surface area contributed by atoms with Crippen molar-refractivity contribution in [1.29, 1.82) is 0 Å². The van der Waals surface area contributed by atoms with Gasteiger partial charge < -0.3 is 4.42 Å². The van der Waals surface area contributed by atoms with E-state index in [0.29, 0.717) is 17.5 Å². The smallest absolute Gasteiger partial charge is 0.164 e. The molecule has 0 aliphatic heterocycles. The number of furan rings is 1. The Bertz CT molecular complexity index is 2820. The summed E-state index contributed by atoms with van der Waals surface area (Å²) in [5, 5.41) is 4.54. The van der Waals surface area contributed by atoms with Gasteiger partial charge in [-0.3, -0.25) is 0 Å². The highest BCUT2D eigenvalue weighted by molar-refractivity contribution is 7.25. The minimum Gasteiger partial charge on any atom is -0.456 e. The lowest BCUT2D eigenvalue weighted by Gasteiger charge is -2.48. The van der Waals surface area contributed by atoms with Crippen LogP contribution in [0.25, 0.3) is 87.4 Å². The van der Waals surface area contributed by atoms with Crippen LogP contribution in [-0.4, -0.2) is 15.0 Å². The molecule has 6 aromatic carbocycles. The van der Waals surface area contributed by atoms with E-state index >= 15 is 0 Å². The summed E-state index contributed by atoms with van der Waals surface area (Å²) < 4.78 is 8.80. The average molecular weight is 664 g/mol. The minimum absolute atomic E-state index is 0.00590. The zero-order valence-corrected chi connectivity index (χ0v) is 29.1. The third-order valence-electron chi connectivity index (χ3n) is 11.3. The second-order valence-corrected chi connectivity index (χ2v) is 15.5. The highest BCUT2D eigenvalue weighted by Crippen LogP contribution is 2.55. The van der Waals surface area contributed by atoms with Gasteiger partial charge in [0.1, 0.15) is 11.2 Å². The highest BCUT2D eigenvalue weighted by atomic mass is 32.1. The first-order valence-corrected chi connectivity index (χ1v) is 17.9. The standard InChI is InChI=1S/C45H33N3OS/c1-44(2)34-18-10-8-15-28(34)31-24-33-32-23-27(21-22-38(32)50-39(33)25-35(31)45(44,3)4)42-46-41(26-13-6-5-7-14-26)47-43(48-42)30-17-12-20-37-40(30)29-16-9-11-19-36(29)49-37/h5-25H,1-4H3. The van der Waals surface area contributed by atoms with E-state index in [1.54, 1.807) is 0 Å². The Labute approximate surface area is 294 Å².